The maximum Gasteiger partial charge on any atom is 0.226 e. The highest BCUT2D eigenvalue weighted by Gasteiger charge is 2.26. The van der Waals surface area contributed by atoms with E-state index in [2.05, 4.69) is 29.6 Å². The number of amides is 1. The standard InChI is InChI=1S/C27H36N2O2/c1-29(27(31)10-5-9-22-7-3-2-4-8-22)26-17-15-25(16-18-26)24-13-11-23(12-14-24)21-28-19-6-20-30/h2-5,7-9,11-14,25-26,28,30H,6,10,15-21H2,1H3/b9-5+. The molecule has 3 rings (SSSR count). The molecule has 0 heterocycles. The second-order valence-electron chi connectivity index (χ2n) is 8.52. The molecule has 0 saturated heterocycles. The molecule has 0 spiro atoms. The summed E-state index contributed by atoms with van der Waals surface area (Å²) < 4.78 is 0. The summed E-state index contributed by atoms with van der Waals surface area (Å²) in [7, 11) is 1.96. The first-order valence-corrected chi connectivity index (χ1v) is 11.5. The Kier molecular flexibility index (Phi) is 9.32. The van der Waals surface area contributed by atoms with Gasteiger partial charge in [0.05, 0.1) is 0 Å². The van der Waals surface area contributed by atoms with E-state index in [1.165, 1.54) is 11.1 Å². The second kappa shape index (κ2) is 12.4. The summed E-state index contributed by atoms with van der Waals surface area (Å²) in [5.74, 6) is 0.794. The highest BCUT2D eigenvalue weighted by atomic mass is 16.3. The molecular formula is C27H36N2O2. The van der Waals surface area contributed by atoms with Crippen molar-refractivity contribution in [2.45, 2.75) is 57.0 Å². The zero-order chi connectivity index (χ0) is 21.9. The quantitative estimate of drug-likeness (QED) is 0.546. The van der Waals surface area contributed by atoms with Gasteiger partial charge < -0.3 is 15.3 Å². The molecule has 4 nitrogen and oxygen atoms in total. The maximum atomic E-state index is 12.6. The Hall–Kier alpha value is -2.43. The number of hydrogen-bond donors (Lipinski definition) is 2. The first kappa shape index (κ1) is 23.2. The molecule has 2 aromatic carbocycles. The lowest BCUT2D eigenvalue weighted by molar-refractivity contribution is -0.131. The number of aliphatic hydroxyl groups excluding tert-OH is 1. The van der Waals surface area contributed by atoms with Crippen LogP contribution in [-0.4, -0.2) is 42.2 Å². The molecule has 2 aromatic rings. The first-order valence-electron chi connectivity index (χ1n) is 11.5. The summed E-state index contributed by atoms with van der Waals surface area (Å²) in [6.07, 6.45) is 9.65. The molecule has 166 valence electrons. The zero-order valence-electron chi connectivity index (χ0n) is 18.7. The van der Waals surface area contributed by atoms with Gasteiger partial charge in [-0.2, -0.15) is 0 Å². The Morgan fingerprint density at radius 3 is 2.45 bits per heavy atom. The number of carbonyl (C=O) groups excluding carboxylic acids is 1. The lowest BCUT2D eigenvalue weighted by Crippen LogP contribution is -2.38. The van der Waals surface area contributed by atoms with E-state index in [1.807, 2.05) is 54.4 Å². The van der Waals surface area contributed by atoms with Crippen LogP contribution in [0, 0.1) is 0 Å². The lowest BCUT2D eigenvalue weighted by Gasteiger charge is -2.35. The third kappa shape index (κ3) is 7.34. The van der Waals surface area contributed by atoms with E-state index >= 15 is 0 Å². The van der Waals surface area contributed by atoms with Gasteiger partial charge in [0.25, 0.3) is 0 Å². The van der Waals surface area contributed by atoms with E-state index in [1.54, 1.807) is 0 Å². The molecule has 0 atom stereocenters. The lowest BCUT2D eigenvalue weighted by atomic mass is 9.81. The molecule has 2 N–H and O–H groups in total. The predicted molar refractivity (Wildman–Crippen MR) is 128 cm³/mol. The van der Waals surface area contributed by atoms with Crippen molar-refractivity contribution in [2.24, 2.45) is 0 Å². The van der Waals surface area contributed by atoms with Crippen molar-refractivity contribution < 1.29 is 9.90 Å². The zero-order valence-corrected chi connectivity index (χ0v) is 18.7. The Morgan fingerprint density at radius 2 is 1.77 bits per heavy atom. The molecule has 1 aliphatic carbocycles. The third-order valence-electron chi connectivity index (χ3n) is 6.33. The van der Waals surface area contributed by atoms with Gasteiger partial charge in [0.15, 0.2) is 0 Å². The largest absolute Gasteiger partial charge is 0.396 e. The van der Waals surface area contributed by atoms with Crippen LogP contribution in [0.1, 0.15) is 61.1 Å². The highest BCUT2D eigenvalue weighted by molar-refractivity contribution is 5.78. The Morgan fingerprint density at radius 1 is 1.06 bits per heavy atom. The van der Waals surface area contributed by atoms with Gasteiger partial charge in [-0.15, -0.1) is 0 Å². The number of carbonyl (C=O) groups is 1. The molecular weight excluding hydrogens is 384 g/mol. The van der Waals surface area contributed by atoms with Gasteiger partial charge in [-0.1, -0.05) is 66.7 Å². The molecule has 0 bridgehead atoms. The molecule has 1 aliphatic rings. The van der Waals surface area contributed by atoms with Crippen LogP contribution in [0.2, 0.25) is 0 Å². The minimum atomic E-state index is 0.202. The van der Waals surface area contributed by atoms with Crippen LogP contribution in [-0.2, 0) is 11.3 Å². The Balaban J connectivity index is 1.42. The molecule has 0 aromatic heterocycles. The summed E-state index contributed by atoms with van der Waals surface area (Å²) in [6, 6.07) is 19.4. The summed E-state index contributed by atoms with van der Waals surface area (Å²) in [6.45, 7) is 1.93. The van der Waals surface area contributed by atoms with Crippen molar-refractivity contribution in [3.63, 3.8) is 0 Å². The average molecular weight is 421 g/mol. The monoisotopic (exact) mass is 420 g/mol. The van der Waals surface area contributed by atoms with Gasteiger partial charge in [-0.05, 0) is 61.3 Å². The van der Waals surface area contributed by atoms with Crippen molar-refractivity contribution in [3.8, 4) is 0 Å². The number of rotatable bonds is 10. The van der Waals surface area contributed by atoms with Crippen LogP contribution in [0.5, 0.6) is 0 Å². The van der Waals surface area contributed by atoms with Gasteiger partial charge in [0.2, 0.25) is 5.91 Å². The van der Waals surface area contributed by atoms with E-state index in [0.717, 1.165) is 50.8 Å². The molecule has 1 amide bonds. The van der Waals surface area contributed by atoms with E-state index in [9.17, 15) is 4.79 Å². The fraction of sp³-hybridized carbons (Fsp3) is 0.444. The third-order valence-corrected chi connectivity index (χ3v) is 6.33. The summed E-state index contributed by atoms with van der Waals surface area (Å²) >= 11 is 0. The number of aliphatic hydroxyl groups is 1. The smallest absolute Gasteiger partial charge is 0.226 e. The van der Waals surface area contributed by atoms with E-state index < -0.39 is 0 Å². The number of nitrogens with one attached hydrogen (secondary N) is 1. The molecule has 0 aliphatic heterocycles. The second-order valence-corrected chi connectivity index (χ2v) is 8.52. The number of nitrogens with zero attached hydrogens (tertiary/aromatic N) is 1. The number of benzene rings is 2. The Bertz CT molecular complexity index is 809. The molecule has 0 unspecified atom stereocenters. The predicted octanol–water partition coefficient (Wildman–Crippen LogP) is 4.75. The van der Waals surface area contributed by atoms with Gasteiger partial charge in [0.1, 0.15) is 0 Å². The van der Waals surface area contributed by atoms with Crippen molar-refractivity contribution in [1.29, 1.82) is 0 Å². The van der Waals surface area contributed by atoms with Crippen LogP contribution < -0.4 is 5.32 Å². The van der Waals surface area contributed by atoms with Gasteiger partial charge >= 0.3 is 0 Å². The van der Waals surface area contributed by atoms with Crippen LogP contribution in [0.3, 0.4) is 0 Å². The van der Waals surface area contributed by atoms with Gasteiger partial charge in [0, 0.05) is 32.7 Å². The van der Waals surface area contributed by atoms with E-state index in [4.69, 9.17) is 5.11 Å². The van der Waals surface area contributed by atoms with Gasteiger partial charge in [-0.3, -0.25) is 4.79 Å². The average Bonchev–Trinajstić information content (AvgIpc) is 2.82. The van der Waals surface area contributed by atoms with Gasteiger partial charge in [-0.25, -0.2) is 0 Å². The maximum absolute atomic E-state index is 12.6. The van der Waals surface area contributed by atoms with Crippen LogP contribution in [0.4, 0.5) is 0 Å². The van der Waals surface area contributed by atoms with Crippen molar-refractivity contribution >= 4 is 12.0 Å². The van der Waals surface area contributed by atoms with Crippen LogP contribution >= 0.6 is 0 Å². The summed E-state index contributed by atoms with van der Waals surface area (Å²) in [5.41, 5.74) is 3.83. The van der Waals surface area contributed by atoms with Crippen LogP contribution in [0.25, 0.3) is 6.08 Å². The summed E-state index contributed by atoms with van der Waals surface area (Å²) in [4.78, 5) is 14.6. The van der Waals surface area contributed by atoms with Crippen LogP contribution in [0.15, 0.2) is 60.7 Å². The topological polar surface area (TPSA) is 52.6 Å². The minimum absolute atomic E-state index is 0.202. The van der Waals surface area contributed by atoms with Crippen molar-refractivity contribution in [2.75, 3.05) is 20.2 Å². The summed E-state index contributed by atoms with van der Waals surface area (Å²) in [5, 5.41) is 12.2. The SMILES string of the molecule is CN(C(=O)C/C=C/c1ccccc1)C1CCC(c2ccc(CNCCCO)cc2)CC1. The highest BCUT2D eigenvalue weighted by Crippen LogP contribution is 2.34. The minimum Gasteiger partial charge on any atom is -0.396 e. The van der Waals surface area contributed by atoms with E-state index in [0.29, 0.717) is 18.4 Å². The van der Waals surface area contributed by atoms with Crippen molar-refractivity contribution in [1.82, 2.24) is 10.2 Å². The molecule has 31 heavy (non-hydrogen) atoms. The fourth-order valence-electron chi connectivity index (χ4n) is 4.35. The molecule has 1 saturated carbocycles. The first-order chi connectivity index (χ1) is 15.2. The number of hydrogen-bond acceptors (Lipinski definition) is 3. The van der Waals surface area contributed by atoms with E-state index in [-0.39, 0.29) is 12.5 Å². The fourth-order valence-corrected chi connectivity index (χ4v) is 4.35. The van der Waals surface area contributed by atoms with Crippen molar-refractivity contribution in [3.05, 3.63) is 77.4 Å². The molecule has 1 fully saturated rings. The molecule has 0 radical (unpaired) electrons. The normalized spacial score (nSPS) is 18.9. The Labute approximate surface area is 187 Å². The molecule has 4 heteroatoms.